The van der Waals surface area contributed by atoms with Gasteiger partial charge in [-0.25, -0.2) is 0 Å². The Morgan fingerprint density at radius 2 is 1.84 bits per heavy atom. The van der Waals surface area contributed by atoms with Gasteiger partial charge in [-0.1, -0.05) is 0 Å². The minimum atomic E-state index is -0.315. The van der Waals surface area contributed by atoms with Crippen LogP contribution in [0.3, 0.4) is 0 Å². The average molecular weight is 337 g/mol. The Labute approximate surface area is 145 Å². The van der Waals surface area contributed by atoms with Gasteiger partial charge >= 0.3 is 0 Å². The second kappa shape index (κ2) is 5.84. The van der Waals surface area contributed by atoms with Crippen LogP contribution < -0.4 is 15.2 Å². The molecule has 2 aromatic carbocycles. The van der Waals surface area contributed by atoms with E-state index in [1.807, 2.05) is 6.07 Å². The Kier molecular flexibility index (Phi) is 3.64. The minimum absolute atomic E-state index is 0.144. The van der Waals surface area contributed by atoms with Crippen molar-refractivity contribution in [3.05, 3.63) is 52.8 Å². The molecule has 0 atom stereocenters. The van der Waals surface area contributed by atoms with Gasteiger partial charge in [0.15, 0.2) is 5.76 Å². The van der Waals surface area contributed by atoms with Crippen LogP contribution in [0.15, 0.2) is 34.7 Å². The van der Waals surface area contributed by atoms with Crippen LogP contribution in [-0.2, 0) is 12.8 Å². The van der Waals surface area contributed by atoms with E-state index in [9.17, 15) is 4.79 Å². The highest BCUT2D eigenvalue weighted by Crippen LogP contribution is 2.36. The van der Waals surface area contributed by atoms with Gasteiger partial charge in [-0.05, 0) is 60.7 Å². The predicted molar refractivity (Wildman–Crippen MR) is 95.6 cm³/mol. The second-order valence-corrected chi connectivity index (χ2v) is 6.21. The van der Waals surface area contributed by atoms with Gasteiger partial charge in [0.25, 0.3) is 0 Å². The Balaban J connectivity index is 1.85. The number of ether oxygens (including phenoxy) is 2. The van der Waals surface area contributed by atoms with Crippen LogP contribution in [-0.4, -0.2) is 20.0 Å². The van der Waals surface area contributed by atoms with Gasteiger partial charge in [0.1, 0.15) is 17.1 Å². The summed E-state index contributed by atoms with van der Waals surface area (Å²) in [6, 6.07) is 9.12. The number of carbonyl (C=O) groups is 1. The largest absolute Gasteiger partial charge is 0.497 e. The van der Waals surface area contributed by atoms with Crippen molar-refractivity contribution in [1.82, 2.24) is 0 Å². The summed E-state index contributed by atoms with van der Waals surface area (Å²) in [6.45, 7) is 0. The third-order valence-corrected chi connectivity index (χ3v) is 4.80. The van der Waals surface area contributed by atoms with Crippen molar-refractivity contribution >= 4 is 22.4 Å². The topological polar surface area (TPSA) is 74.7 Å². The monoisotopic (exact) mass is 337 g/mol. The number of anilines is 1. The van der Waals surface area contributed by atoms with Crippen molar-refractivity contribution in [3.8, 4) is 11.5 Å². The molecule has 0 unspecified atom stereocenters. The molecule has 0 bridgehead atoms. The average Bonchev–Trinajstić information content (AvgIpc) is 3.23. The van der Waals surface area contributed by atoms with Crippen LogP contribution in [0.2, 0.25) is 0 Å². The van der Waals surface area contributed by atoms with Gasteiger partial charge < -0.3 is 19.6 Å². The number of hydrogen-bond acceptors (Lipinski definition) is 5. The van der Waals surface area contributed by atoms with E-state index in [-0.39, 0.29) is 11.5 Å². The van der Waals surface area contributed by atoms with Gasteiger partial charge in [-0.15, -0.1) is 0 Å². The maximum absolute atomic E-state index is 13.0. The number of aryl methyl sites for hydroxylation is 2. The zero-order valence-corrected chi connectivity index (χ0v) is 14.2. The van der Waals surface area contributed by atoms with Crippen molar-refractivity contribution in [2.75, 3.05) is 20.0 Å². The van der Waals surface area contributed by atoms with Gasteiger partial charge in [-0.3, -0.25) is 4.79 Å². The molecule has 1 aromatic heterocycles. The molecule has 128 valence electrons. The first-order valence-corrected chi connectivity index (χ1v) is 8.23. The van der Waals surface area contributed by atoms with Crippen molar-refractivity contribution in [2.24, 2.45) is 0 Å². The Hall–Kier alpha value is -2.95. The van der Waals surface area contributed by atoms with Gasteiger partial charge in [0, 0.05) is 5.39 Å². The summed E-state index contributed by atoms with van der Waals surface area (Å²) in [7, 11) is 3.07. The van der Waals surface area contributed by atoms with E-state index in [0.29, 0.717) is 28.3 Å². The molecule has 5 nitrogen and oxygen atoms in total. The zero-order chi connectivity index (χ0) is 17.6. The van der Waals surface area contributed by atoms with E-state index >= 15 is 0 Å². The van der Waals surface area contributed by atoms with Crippen LogP contribution in [0.4, 0.5) is 5.69 Å². The zero-order valence-electron chi connectivity index (χ0n) is 14.2. The fourth-order valence-corrected chi connectivity index (χ4v) is 3.47. The third-order valence-electron chi connectivity index (χ3n) is 4.80. The lowest BCUT2D eigenvalue weighted by atomic mass is 10.0. The summed E-state index contributed by atoms with van der Waals surface area (Å²) in [4.78, 5) is 13.0. The molecule has 0 aliphatic heterocycles. The van der Waals surface area contributed by atoms with E-state index in [1.165, 1.54) is 18.2 Å². The summed E-state index contributed by atoms with van der Waals surface area (Å²) in [5, 5.41) is 0.797. The lowest BCUT2D eigenvalue weighted by Crippen LogP contribution is -2.05. The molecule has 4 rings (SSSR count). The fourth-order valence-electron chi connectivity index (χ4n) is 3.47. The molecular weight excluding hydrogens is 318 g/mol. The second-order valence-electron chi connectivity index (χ2n) is 6.21. The number of fused-ring (bicyclic) bond motifs is 2. The van der Waals surface area contributed by atoms with Crippen LogP contribution >= 0.6 is 0 Å². The number of nitrogens with two attached hydrogens (primary N) is 1. The minimum Gasteiger partial charge on any atom is -0.497 e. The van der Waals surface area contributed by atoms with Crippen molar-refractivity contribution in [1.29, 1.82) is 0 Å². The summed E-state index contributed by atoms with van der Waals surface area (Å²) < 4.78 is 16.4. The smallest absolute Gasteiger partial charge is 0.234 e. The molecular formula is C20H19NO4. The first kappa shape index (κ1) is 15.6. The first-order valence-electron chi connectivity index (χ1n) is 8.23. The third kappa shape index (κ3) is 2.43. The molecule has 0 fully saturated rings. The standard InChI is InChI=1S/C20H19NO4/c1-23-13-6-7-16(24-2)15(10-13)19(22)20-18(21)14-8-11-4-3-5-12(11)9-17(14)25-20/h6-10H,3-5,21H2,1-2H3. The quantitative estimate of drug-likeness (QED) is 0.734. The summed E-state index contributed by atoms with van der Waals surface area (Å²) in [6.07, 6.45) is 3.23. The SMILES string of the molecule is COc1ccc(OC)c(C(=O)c2oc3cc4c(cc3c2N)CCC4)c1. The predicted octanol–water partition coefficient (Wildman–Crippen LogP) is 3.75. The molecule has 0 amide bonds. The number of nitrogen functional groups attached to an aromatic ring is 1. The molecule has 25 heavy (non-hydrogen) atoms. The summed E-state index contributed by atoms with van der Waals surface area (Å²) in [5.74, 6) is 0.848. The summed E-state index contributed by atoms with van der Waals surface area (Å²) in [5.41, 5.74) is 10.2. The molecule has 0 saturated carbocycles. The fraction of sp³-hybridized carbons (Fsp3) is 0.250. The lowest BCUT2D eigenvalue weighted by molar-refractivity contribution is 0.101. The highest BCUT2D eigenvalue weighted by molar-refractivity contribution is 6.15. The van der Waals surface area contributed by atoms with E-state index in [4.69, 9.17) is 19.6 Å². The Morgan fingerprint density at radius 3 is 2.56 bits per heavy atom. The molecule has 0 radical (unpaired) electrons. The van der Waals surface area contributed by atoms with Crippen molar-refractivity contribution in [2.45, 2.75) is 19.3 Å². The maximum atomic E-state index is 13.0. The number of ketones is 1. The lowest BCUT2D eigenvalue weighted by Gasteiger charge is -2.08. The molecule has 0 saturated heterocycles. The van der Waals surface area contributed by atoms with E-state index in [0.717, 1.165) is 24.6 Å². The molecule has 1 aliphatic rings. The Bertz CT molecular complexity index is 987. The maximum Gasteiger partial charge on any atom is 0.234 e. The van der Waals surface area contributed by atoms with E-state index in [2.05, 4.69) is 6.07 Å². The molecule has 1 aliphatic carbocycles. The number of rotatable bonds is 4. The van der Waals surface area contributed by atoms with Crippen molar-refractivity contribution < 1.29 is 18.7 Å². The summed E-state index contributed by atoms with van der Waals surface area (Å²) >= 11 is 0. The number of methoxy groups -OCH3 is 2. The molecule has 1 heterocycles. The van der Waals surface area contributed by atoms with Crippen LogP contribution in [0, 0.1) is 0 Å². The number of hydrogen-bond donors (Lipinski definition) is 1. The highest BCUT2D eigenvalue weighted by atomic mass is 16.5. The van der Waals surface area contributed by atoms with E-state index < -0.39 is 0 Å². The van der Waals surface area contributed by atoms with Crippen LogP contribution in [0.1, 0.15) is 33.7 Å². The number of furan rings is 1. The Morgan fingerprint density at radius 1 is 1.08 bits per heavy atom. The van der Waals surface area contributed by atoms with Gasteiger partial charge in [0.2, 0.25) is 5.78 Å². The first-order chi connectivity index (χ1) is 12.1. The molecule has 3 aromatic rings. The van der Waals surface area contributed by atoms with E-state index in [1.54, 1.807) is 25.3 Å². The molecule has 0 spiro atoms. The van der Waals surface area contributed by atoms with Gasteiger partial charge in [0.05, 0.1) is 25.5 Å². The number of carbonyl (C=O) groups excluding carboxylic acids is 1. The highest BCUT2D eigenvalue weighted by Gasteiger charge is 2.25. The van der Waals surface area contributed by atoms with Crippen LogP contribution in [0.25, 0.3) is 11.0 Å². The van der Waals surface area contributed by atoms with Crippen molar-refractivity contribution in [3.63, 3.8) is 0 Å². The molecule has 2 N–H and O–H groups in total. The van der Waals surface area contributed by atoms with Crippen LogP contribution in [0.5, 0.6) is 11.5 Å². The normalized spacial score (nSPS) is 13.0. The van der Waals surface area contributed by atoms with Gasteiger partial charge in [-0.2, -0.15) is 0 Å². The number of benzene rings is 2. The molecule has 5 heteroatoms.